The van der Waals surface area contributed by atoms with Gasteiger partial charge in [-0.2, -0.15) is 5.01 Å². The molecule has 1 aromatic carbocycles. The van der Waals surface area contributed by atoms with Crippen LogP contribution in [0.2, 0.25) is 0 Å². The minimum Gasteiger partial charge on any atom is -0.486 e. The van der Waals surface area contributed by atoms with Crippen LogP contribution < -0.4 is 20.2 Å². The molecule has 2 N–H and O–H groups in total. The number of urea groups is 1. The van der Waals surface area contributed by atoms with Crippen molar-refractivity contribution in [1.82, 2.24) is 15.8 Å². The highest BCUT2D eigenvalue weighted by molar-refractivity contribution is 8.00. The Morgan fingerprint density at radius 1 is 1.15 bits per heavy atom. The Morgan fingerprint density at radius 3 is 2.67 bits per heavy atom. The van der Waals surface area contributed by atoms with Gasteiger partial charge in [-0.25, -0.2) is 4.79 Å². The molecule has 0 atom stereocenters. The Labute approximate surface area is 160 Å². The van der Waals surface area contributed by atoms with E-state index in [-0.39, 0.29) is 11.7 Å². The van der Waals surface area contributed by atoms with E-state index in [1.807, 2.05) is 12.1 Å². The lowest BCUT2D eigenvalue weighted by Crippen LogP contribution is -2.51. The van der Waals surface area contributed by atoms with Crippen molar-refractivity contribution < 1.29 is 23.9 Å². The van der Waals surface area contributed by atoms with Crippen molar-refractivity contribution in [1.29, 1.82) is 0 Å². The third kappa shape index (κ3) is 3.55. The lowest BCUT2D eigenvalue weighted by Gasteiger charge is -2.30. The van der Waals surface area contributed by atoms with Gasteiger partial charge < -0.3 is 14.8 Å². The second-order valence-corrected chi connectivity index (χ2v) is 7.89. The van der Waals surface area contributed by atoms with E-state index in [2.05, 4.69) is 10.7 Å². The first kappa shape index (κ1) is 18.0. The zero-order valence-electron chi connectivity index (χ0n) is 14.8. The molecule has 2 heterocycles. The molecule has 0 aromatic heterocycles. The predicted octanol–water partition coefficient (Wildman–Crippen LogP) is 1.84. The van der Waals surface area contributed by atoms with Crippen molar-refractivity contribution in [3.63, 3.8) is 0 Å². The van der Waals surface area contributed by atoms with E-state index in [4.69, 9.17) is 9.47 Å². The molecule has 1 saturated carbocycles. The molecule has 2 fully saturated rings. The van der Waals surface area contributed by atoms with Gasteiger partial charge in [-0.15, -0.1) is 11.8 Å². The zero-order valence-corrected chi connectivity index (χ0v) is 15.6. The predicted molar refractivity (Wildman–Crippen MR) is 97.5 cm³/mol. The van der Waals surface area contributed by atoms with Crippen LogP contribution in [0.4, 0.5) is 4.79 Å². The maximum absolute atomic E-state index is 12.7. The number of carbonyl (C=O) groups is 3. The fraction of sp³-hybridized carbons (Fsp3) is 0.500. The molecule has 4 amide bonds. The standard InChI is InChI=1S/C18H21N3O5S/c22-15(11-27-12-4-5-13-14(10-12)26-9-8-25-13)20-21-16(23)18(19-17(21)24)6-2-1-3-7-18/h4-5,10H,1-3,6-9,11H2,(H,19,24)(H,20,22). The summed E-state index contributed by atoms with van der Waals surface area (Å²) in [5.41, 5.74) is 1.60. The van der Waals surface area contributed by atoms with Crippen molar-refractivity contribution in [3.05, 3.63) is 18.2 Å². The summed E-state index contributed by atoms with van der Waals surface area (Å²) in [6, 6.07) is 4.91. The number of hydrazine groups is 1. The van der Waals surface area contributed by atoms with Crippen LogP contribution in [0.3, 0.4) is 0 Å². The lowest BCUT2D eigenvalue weighted by molar-refractivity contribution is -0.139. The zero-order chi connectivity index (χ0) is 18.9. The number of nitrogens with one attached hydrogen (secondary N) is 2. The first-order valence-electron chi connectivity index (χ1n) is 9.06. The maximum atomic E-state index is 12.7. The van der Waals surface area contributed by atoms with Gasteiger partial charge in [0, 0.05) is 4.90 Å². The summed E-state index contributed by atoms with van der Waals surface area (Å²) >= 11 is 1.30. The Kier molecular flexibility index (Phi) is 4.86. The second kappa shape index (κ2) is 7.30. The number of hydrogen-bond acceptors (Lipinski definition) is 6. The third-order valence-electron chi connectivity index (χ3n) is 4.99. The maximum Gasteiger partial charge on any atom is 0.344 e. The summed E-state index contributed by atoms with van der Waals surface area (Å²) < 4.78 is 11.0. The van der Waals surface area contributed by atoms with Crippen LogP contribution in [0, 0.1) is 0 Å². The van der Waals surface area contributed by atoms with Gasteiger partial charge >= 0.3 is 6.03 Å². The fourth-order valence-electron chi connectivity index (χ4n) is 3.64. The molecular weight excluding hydrogens is 370 g/mol. The number of imide groups is 1. The second-order valence-electron chi connectivity index (χ2n) is 6.84. The van der Waals surface area contributed by atoms with Gasteiger partial charge in [-0.1, -0.05) is 19.3 Å². The smallest absolute Gasteiger partial charge is 0.344 e. The highest BCUT2D eigenvalue weighted by atomic mass is 32.2. The number of rotatable bonds is 4. The van der Waals surface area contributed by atoms with Crippen molar-refractivity contribution in [2.45, 2.75) is 42.5 Å². The molecule has 144 valence electrons. The van der Waals surface area contributed by atoms with E-state index >= 15 is 0 Å². The Balaban J connectivity index is 1.34. The van der Waals surface area contributed by atoms with Crippen LogP contribution in [0.5, 0.6) is 11.5 Å². The molecule has 2 aliphatic heterocycles. The third-order valence-corrected chi connectivity index (χ3v) is 5.98. The largest absolute Gasteiger partial charge is 0.486 e. The molecule has 9 heteroatoms. The summed E-state index contributed by atoms with van der Waals surface area (Å²) in [6.07, 6.45) is 4.09. The molecule has 1 saturated heterocycles. The minimum atomic E-state index is -0.842. The highest BCUT2D eigenvalue weighted by Gasteiger charge is 2.52. The van der Waals surface area contributed by atoms with Gasteiger partial charge in [0.1, 0.15) is 18.8 Å². The van der Waals surface area contributed by atoms with Crippen LogP contribution in [0.1, 0.15) is 32.1 Å². The topological polar surface area (TPSA) is 97.0 Å². The van der Waals surface area contributed by atoms with Crippen molar-refractivity contribution in [2.75, 3.05) is 19.0 Å². The molecule has 0 radical (unpaired) electrons. The number of thioether (sulfide) groups is 1. The van der Waals surface area contributed by atoms with Crippen molar-refractivity contribution >= 4 is 29.6 Å². The van der Waals surface area contributed by atoms with Crippen molar-refractivity contribution in [2.24, 2.45) is 0 Å². The molecule has 1 aliphatic carbocycles. The minimum absolute atomic E-state index is 0.0731. The molecule has 8 nitrogen and oxygen atoms in total. The summed E-state index contributed by atoms with van der Waals surface area (Å²) in [5, 5.41) is 3.60. The first-order valence-corrected chi connectivity index (χ1v) is 10.0. The molecule has 1 aromatic rings. The van der Waals surface area contributed by atoms with E-state index < -0.39 is 17.5 Å². The molecule has 27 heavy (non-hydrogen) atoms. The number of benzene rings is 1. The van der Waals surface area contributed by atoms with Crippen LogP contribution >= 0.6 is 11.8 Å². The van der Waals surface area contributed by atoms with Crippen LogP contribution in [-0.4, -0.2) is 47.4 Å². The molecule has 0 bridgehead atoms. The van der Waals surface area contributed by atoms with Crippen LogP contribution in [0.25, 0.3) is 0 Å². The number of amides is 4. The van der Waals surface area contributed by atoms with Gasteiger partial charge in [0.15, 0.2) is 11.5 Å². The van der Waals surface area contributed by atoms with Crippen molar-refractivity contribution in [3.8, 4) is 11.5 Å². The van der Waals surface area contributed by atoms with E-state index in [1.165, 1.54) is 11.8 Å². The van der Waals surface area contributed by atoms with Gasteiger partial charge in [0.25, 0.3) is 5.91 Å². The number of ether oxygens (including phenoxy) is 2. The van der Waals surface area contributed by atoms with E-state index in [1.54, 1.807) is 6.07 Å². The molecule has 1 spiro atoms. The Hall–Kier alpha value is -2.42. The van der Waals surface area contributed by atoms with E-state index in [0.717, 1.165) is 29.2 Å². The first-order chi connectivity index (χ1) is 13.1. The van der Waals surface area contributed by atoms with E-state index in [9.17, 15) is 14.4 Å². The number of nitrogens with zero attached hydrogens (tertiary/aromatic N) is 1. The quantitative estimate of drug-likeness (QED) is 0.600. The molecule has 0 unspecified atom stereocenters. The normalized spacial score (nSPS) is 20.5. The van der Waals surface area contributed by atoms with Crippen LogP contribution in [0.15, 0.2) is 23.1 Å². The monoisotopic (exact) mass is 391 g/mol. The Morgan fingerprint density at radius 2 is 1.89 bits per heavy atom. The van der Waals surface area contributed by atoms with E-state index in [0.29, 0.717) is 37.6 Å². The number of hydrogen-bond donors (Lipinski definition) is 2. The van der Waals surface area contributed by atoms with Gasteiger partial charge in [0.2, 0.25) is 5.91 Å². The van der Waals surface area contributed by atoms with Gasteiger partial charge in [-0.05, 0) is 31.0 Å². The summed E-state index contributed by atoms with van der Waals surface area (Å²) in [4.78, 5) is 37.9. The summed E-state index contributed by atoms with van der Waals surface area (Å²) in [7, 11) is 0. The average molecular weight is 391 g/mol. The summed E-state index contributed by atoms with van der Waals surface area (Å²) in [6.45, 7) is 1.02. The number of fused-ring (bicyclic) bond motifs is 1. The SMILES string of the molecule is O=C(CSc1ccc2c(c1)OCCO2)NN1C(=O)NC2(CCCCC2)C1=O. The summed E-state index contributed by atoms with van der Waals surface area (Å²) in [5.74, 6) is 0.646. The molecular formula is C18H21N3O5S. The highest BCUT2D eigenvalue weighted by Crippen LogP contribution is 2.35. The lowest BCUT2D eigenvalue weighted by atomic mass is 9.82. The Bertz CT molecular complexity index is 778. The van der Waals surface area contributed by atoms with Crippen LogP contribution in [-0.2, 0) is 9.59 Å². The molecule has 3 aliphatic rings. The number of carbonyl (C=O) groups excluding carboxylic acids is 3. The molecule has 4 rings (SSSR count). The average Bonchev–Trinajstić information content (AvgIpc) is 2.90. The van der Waals surface area contributed by atoms with Gasteiger partial charge in [-0.3, -0.25) is 15.0 Å². The van der Waals surface area contributed by atoms with Gasteiger partial charge in [0.05, 0.1) is 5.75 Å². The fourth-order valence-corrected chi connectivity index (χ4v) is 4.35.